The van der Waals surface area contributed by atoms with E-state index in [1.165, 1.54) is 24.0 Å². The minimum absolute atomic E-state index is 0.0478. The van der Waals surface area contributed by atoms with Crippen molar-refractivity contribution in [2.45, 2.75) is 44.4 Å². The third kappa shape index (κ3) is 1.27. The van der Waals surface area contributed by atoms with Gasteiger partial charge >= 0.3 is 0 Å². The lowest BCUT2D eigenvalue weighted by Gasteiger charge is -2.21. The molecule has 0 radical (unpaired) electrons. The second-order valence-electron chi connectivity index (χ2n) is 6.16. The Labute approximate surface area is 97.5 Å². The maximum atomic E-state index is 9.77. The molecule has 2 aliphatic carbocycles. The first kappa shape index (κ1) is 10.3. The van der Waals surface area contributed by atoms with Gasteiger partial charge in [-0.3, -0.25) is 0 Å². The van der Waals surface area contributed by atoms with Gasteiger partial charge in [0.25, 0.3) is 0 Å². The van der Waals surface area contributed by atoms with Crippen molar-refractivity contribution in [2.75, 3.05) is 6.61 Å². The predicted molar refractivity (Wildman–Crippen MR) is 65.6 cm³/mol. The first-order chi connectivity index (χ1) is 7.61. The lowest BCUT2D eigenvalue weighted by atomic mass is 9.84. The fraction of sp³-hybridized carbons (Fsp3) is 0.600. The Kier molecular flexibility index (Phi) is 2.00. The molecular weight excluding hydrogens is 196 g/mol. The molecular formula is C15H20O. The van der Waals surface area contributed by atoms with Crippen molar-refractivity contribution in [3.05, 3.63) is 35.4 Å². The quantitative estimate of drug-likeness (QED) is 0.822. The van der Waals surface area contributed by atoms with E-state index in [1.807, 2.05) is 0 Å². The lowest BCUT2D eigenvalue weighted by molar-refractivity contribution is 0.230. The molecule has 2 saturated carbocycles. The smallest absolute Gasteiger partial charge is 0.0533 e. The summed E-state index contributed by atoms with van der Waals surface area (Å²) in [4.78, 5) is 0. The van der Waals surface area contributed by atoms with Crippen LogP contribution >= 0.6 is 0 Å². The van der Waals surface area contributed by atoms with E-state index in [1.54, 1.807) is 0 Å². The SMILES string of the molecule is CC1(C)CC1(CO)c1ccccc1C1CC1. The largest absolute Gasteiger partial charge is 0.395 e. The average Bonchev–Trinajstić information content (AvgIpc) is 3.15. The van der Waals surface area contributed by atoms with Crippen LogP contribution in [0, 0.1) is 5.41 Å². The zero-order valence-corrected chi connectivity index (χ0v) is 10.2. The highest BCUT2D eigenvalue weighted by atomic mass is 16.3. The summed E-state index contributed by atoms with van der Waals surface area (Å²) in [6.07, 6.45) is 3.79. The van der Waals surface area contributed by atoms with Gasteiger partial charge in [0.2, 0.25) is 0 Å². The summed E-state index contributed by atoms with van der Waals surface area (Å²) in [5.41, 5.74) is 3.24. The van der Waals surface area contributed by atoms with Crippen molar-refractivity contribution in [3.8, 4) is 0 Å². The highest BCUT2D eigenvalue weighted by molar-refractivity contribution is 5.45. The molecule has 1 aromatic rings. The van der Waals surface area contributed by atoms with E-state index in [-0.39, 0.29) is 10.8 Å². The van der Waals surface area contributed by atoms with Crippen molar-refractivity contribution >= 4 is 0 Å². The molecule has 1 N–H and O–H groups in total. The minimum Gasteiger partial charge on any atom is -0.395 e. The monoisotopic (exact) mass is 216 g/mol. The molecule has 0 aromatic heterocycles. The Morgan fingerprint density at radius 3 is 2.38 bits per heavy atom. The maximum absolute atomic E-state index is 9.77. The molecule has 1 heteroatoms. The van der Waals surface area contributed by atoms with Crippen molar-refractivity contribution < 1.29 is 5.11 Å². The number of hydrogen-bond donors (Lipinski definition) is 1. The predicted octanol–water partition coefficient (Wildman–Crippen LogP) is 3.22. The van der Waals surface area contributed by atoms with E-state index < -0.39 is 0 Å². The number of hydrogen-bond acceptors (Lipinski definition) is 1. The molecule has 0 bridgehead atoms. The van der Waals surface area contributed by atoms with Crippen molar-refractivity contribution in [1.82, 2.24) is 0 Å². The van der Waals surface area contributed by atoms with E-state index in [4.69, 9.17) is 0 Å². The molecule has 1 atom stereocenters. The van der Waals surface area contributed by atoms with Crippen LogP contribution < -0.4 is 0 Å². The highest BCUT2D eigenvalue weighted by Gasteiger charge is 2.62. The summed E-state index contributed by atoms with van der Waals surface area (Å²) < 4.78 is 0. The molecule has 2 fully saturated rings. The van der Waals surface area contributed by atoms with Gasteiger partial charge in [0.05, 0.1) is 6.61 Å². The van der Waals surface area contributed by atoms with Gasteiger partial charge in [-0.2, -0.15) is 0 Å². The van der Waals surface area contributed by atoms with Crippen LogP contribution in [0.3, 0.4) is 0 Å². The van der Waals surface area contributed by atoms with E-state index in [0.29, 0.717) is 6.61 Å². The van der Waals surface area contributed by atoms with Crippen molar-refractivity contribution in [1.29, 1.82) is 0 Å². The summed E-state index contributed by atoms with van der Waals surface area (Å²) in [5, 5.41) is 9.77. The summed E-state index contributed by atoms with van der Waals surface area (Å²) in [5.74, 6) is 0.774. The Morgan fingerprint density at radius 1 is 1.25 bits per heavy atom. The topological polar surface area (TPSA) is 20.2 Å². The Balaban J connectivity index is 2.06. The number of rotatable bonds is 3. The van der Waals surface area contributed by atoms with Crippen molar-refractivity contribution in [2.24, 2.45) is 5.41 Å². The molecule has 1 nitrogen and oxygen atoms in total. The minimum atomic E-state index is 0.0478. The molecule has 0 spiro atoms. The molecule has 0 saturated heterocycles. The third-order valence-electron chi connectivity index (χ3n) is 4.68. The fourth-order valence-corrected chi connectivity index (χ4v) is 3.21. The Hall–Kier alpha value is -0.820. The van der Waals surface area contributed by atoms with Crippen LogP contribution in [0.2, 0.25) is 0 Å². The highest BCUT2D eigenvalue weighted by Crippen LogP contribution is 2.65. The zero-order chi connectivity index (χ0) is 11.4. The lowest BCUT2D eigenvalue weighted by Crippen LogP contribution is -2.20. The molecule has 0 amide bonds. The maximum Gasteiger partial charge on any atom is 0.0533 e. The van der Waals surface area contributed by atoms with Crippen LogP contribution in [0.1, 0.15) is 50.2 Å². The van der Waals surface area contributed by atoms with Crippen LogP contribution in [-0.4, -0.2) is 11.7 Å². The fourth-order valence-electron chi connectivity index (χ4n) is 3.21. The Morgan fingerprint density at radius 2 is 1.88 bits per heavy atom. The first-order valence-electron chi connectivity index (χ1n) is 6.31. The van der Waals surface area contributed by atoms with Gasteiger partial charge in [0.15, 0.2) is 0 Å². The van der Waals surface area contributed by atoms with Crippen LogP contribution in [0.25, 0.3) is 0 Å². The molecule has 1 unspecified atom stereocenters. The van der Waals surface area contributed by atoms with Crippen LogP contribution in [0.15, 0.2) is 24.3 Å². The van der Waals surface area contributed by atoms with Gasteiger partial charge in [-0.25, -0.2) is 0 Å². The van der Waals surface area contributed by atoms with Gasteiger partial charge in [0.1, 0.15) is 0 Å². The zero-order valence-electron chi connectivity index (χ0n) is 10.2. The molecule has 2 aliphatic rings. The van der Waals surface area contributed by atoms with Gasteiger partial charge in [-0.1, -0.05) is 38.1 Å². The summed E-state index contributed by atoms with van der Waals surface area (Å²) in [6, 6.07) is 8.75. The van der Waals surface area contributed by atoms with Crippen molar-refractivity contribution in [3.63, 3.8) is 0 Å². The molecule has 1 aromatic carbocycles. The third-order valence-corrected chi connectivity index (χ3v) is 4.68. The van der Waals surface area contributed by atoms with Gasteiger partial charge in [0, 0.05) is 5.41 Å². The van der Waals surface area contributed by atoms with Crippen LogP contribution in [-0.2, 0) is 5.41 Å². The second kappa shape index (κ2) is 3.10. The van der Waals surface area contributed by atoms with Gasteiger partial charge in [-0.05, 0) is 41.7 Å². The average molecular weight is 216 g/mol. The second-order valence-corrected chi connectivity index (χ2v) is 6.16. The standard InChI is InChI=1S/C15H20O/c1-14(2)9-15(14,10-16)13-6-4-3-5-12(13)11-7-8-11/h3-6,11,16H,7-10H2,1-2H3. The molecule has 0 aliphatic heterocycles. The number of benzene rings is 1. The molecule has 16 heavy (non-hydrogen) atoms. The van der Waals surface area contributed by atoms with E-state index >= 15 is 0 Å². The summed E-state index contributed by atoms with van der Waals surface area (Å²) in [6.45, 7) is 4.84. The summed E-state index contributed by atoms with van der Waals surface area (Å²) >= 11 is 0. The normalized spacial score (nSPS) is 31.4. The van der Waals surface area contributed by atoms with E-state index in [9.17, 15) is 5.11 Å². The molecule has 0 heterocycles. The van der Waals surface area contributed by atoms with E-state index in [0.717, 1.165) is 12.3 Å². The Bertz CT molecular complexity index is 417. The molecule has 3 rings (SSSR count). The molecule has 86 valence electrons. The van der Waals surface area contributed by atoms with Gasteiger partial charge < -0.3 is 5.11 Å². The van der Waals surface area contributed by atoms with E-state index in [2.05, 4.69) is 38.1 Å². The van der Waals surface area contributed by atoms with Crippen LogP contribution in [0.4, 0.5) is 0 Å². The van der Waals surface area contributed by atoms with Gasteiger partial charge in [-0.15, -0.1) is 0 Å². The first-order valence-corrected chi connectivity index (χ1v) is 6.31. The van der Waals surface area contributed by atoms with Crippen LogP contribution in [0.5, 0.6) is 0 Å². The summed E-state index contributed by atoms with van der Waals surface area (Å²) in [7, 11) is 0. The number of aliphatic hydroxyl groups excluding tert-OH is 1. The number of aliphatic hydroxyl groups is 1.